The van der Waals surface area contributed by atoms with Gasteiger partial charge in [0.2, 0.25) is 9.04 Å². The molecule has 1 saturated heterocycles. The molecule has 43 heavy (non-hydrogen) atoms. The summed E-state index contributed by atoms with van der Waals surface area (Å²) in [6.07, 6.45) is 9.71. The first kappa shape index (κ1) is 34.7. The SMILES string of the molecule is C=CC[Si](CC=C)O[C@H](C[C@H](C[C@@H]1CCC[C@H](C(C)(C)C(=O)OCc2ccccc2)O1)OCc1ccccc1)[C@@H](C)C=C. The van der Waals surface area contributed by atoms with Gasteiger partial charge in [-0.25, -0.2) is 0 Å². The highest BCUT2D eigenvalue weighted by molar-refractivity contribution is 6.53. The second-order valence-corrected chi connectivity index (χ2v) is 14.3. The highest BCUT2D eigenvalue weighted by atomic mass is 28.3. The minimum atomic E-state index is -1.13. The molecule has 0 unspecified atom stereocenters. The topological polar surface area (TPSA) is 54.0 Å². The Bertz CT molecular complexity index is 1110. The third-order valence-electron chi connectivity index (χ3n) is 8.26. The molecule has 233 valence electrons. The van der Waals surface area contributed by atoms with Gasteiger partial charge in [-0.1, -0.05) is 85.8 Å². The lowest BCUT2D eigenvalue weighted by Crippen LogP contribution is -2.45. The van der Waals surface area contributed by atoms with Crippen LogP contribution in [0.1, 0.15) is 64.0 Å². The fourth-order valence-corrected chi connectivity index (χ4v) is 7.20. The van der Waals surface area contributed by atoms with Crippen molar-refractivity contribution in [2.75, 3.05) is 0 Å². The highest BCUT2D eigenvalue weighted by Crippen LogP contribution is 2.36. The summed E-state index contributed by atoms with van der Waals surface area (Å²) in [5.41, 5.74) is 1.35. The average molecular weight is 604 g/mol. The van der Waals surface area contributed by atoms with E-state index in [-0.39, 0.29) is 42.9 Å². The van der Waals surface area contributed by atoms with E-state index in [1.165, 1.54) is 0 Å². The zero-order valence-corrected chi connectivity index (χ0v) is 27.4. The molecule has 0 aromatic heterocycles. The molecule has 1 heterocycles. The van der Waals surface area contributed by atoms with Crippen LogP contribution in [0.4, 0.5) is 0 Å². The lowest BCUT2D eigenvalue weighted by Gasteiger charge is -2.40. The number of benzene rings is 2. The number of esters is 1. The van der Waals surface area contributed by atoms with Crippen molar-refractivity contribution in [2.45, 2.75) is 103 Å². The fraction of sp³-hybridized carbons (Fsp3) is 0.486. The molecule has 5 nitrogen and oxygen atoms in total. The van der Waals surface area contributed by atoms with Gasteiger partial charge in [0.15, 0.2) is 0 Å². The van der Waals surface area contributed by atoms with Gasteiger partial charge in [0.05, 0.1) is 36.4 Å². The van der Waals surface area contributed by atoms with Crippen LogP contribution in [0, 0.1) is 11.3 Å². The summed E-state index contributed by atoms with van der Waals surface area (Å²) in [6.45, 7) is 18.8. The summed E-state index contributed by atoms with van der Waals surface area (Å²) >= 11 is 0. The van der Waals surface area contributed by atoms with Gasteiger partial charge in [-0.15, -0.1) is 19.7 Å². The molecule has 0 saturated carbocycles. The van der Waals surface area contributed by atoms with Gasteiger partial charge in [-0.3, -0.25) is 4.79 Å². The fourth-order valence-electron chi connectivity index (χ4n) is 5.45. The van der Waals surface area contributed by atoms with Crippen molar-refractivity contribution in [2.24, 2.45) is 11.3 Å². The molecule has 0 amide bonds. The predicted octanol–water partition coefficient (Wildman–Crippen LogP) is 8.63. The van der Waals surface area contributed by atoms with Crippen LogP contribution >= 0.6 is 0 Å². The minimum Gasteiger partial charge on any atom is -0.460 e. The number of carbonyl (C=O) groups is 1. The number of carbonyl (C=O) groups excluding carboxylic acids is 1. The second-order valence-electron chi connectivity index (χ2n) is 12.1. The van der Waals surface area contributed by atoms with Gasteiger partial charge < -0.3 is 18.6 Å². The first-order chi connectivity index (χ1) is 20.8. The van der Waals surface area contributed by atoms with E-state index in [1.807, 2.05) is 80.6 Å². The summed E-state index contributed by atoms with van der Waals surface area (Å²) in [5, 5.41) is 0. The summed E-state index contributed by atoms with van der Waals surface area (Å²) in [5.74, 6) is -0.0675. The number of allylic oxidation sites excluding steroid dienone is 2. The molecule has 2 aromatic rings. The van der Waals surface area contributed by atoms with Crippen molar-refractivity contribution in [3.63, 3.8) is 0 Å². The van der Waals surface area contributed by atoms with Crippen LogP contribution in [0.3, 0.4) is 0 Å². The molecule has 1 fully saturated rings. The van der Waals surface area contributed by atoms with Crippen LogP contribution in [-0.4, -0.2) is 39.4 Å². The Morgan fingerprint density at radius 2 is 1.58 bits per heavy atom. The maximum absolute atomic E-state index is 13.2. The second kappa shape index (κ2) is 18.1. The van der Waals surface area contributed by atoms with Gasteiger partial charge in [-0.05, 0) is 75.1 Å². The van der Waals surface area contributed by atoms with Crippen molar-refractivity contribution >= 4 is 15.0 Å². The first-order valence-electron chi connectivity index (χ1n) is 15.6. The van der Waals surface area contributed by atoms with Gasteiger partial charge in [-0.2, -0.15) is 0 Å². The average Bonchev–Trinajstić information content (AvgIpc) is 3.03. The molecular formula is C37H51O5Si. The van der Waals surface area contributed by atoms with Gasteiger partial charge in [0.25, 0.3) is 0 Å². The molecule has 0 bridgehead atoms. The molecule has 1 radical (unpaired) electrons. The molecule has 6 heteroatoms. The number of hydrogen-bond donors (Lipinski definition) is 0. The van der Waals surface area contributed by atoms with E-state index in [2.05, 4.69) is 38.8 Å². The Hall–Kier alpha value is -2.77. The predicted molar refractivity (Wildman–Crippen MR) is 177 cm³/mol. The van der Waals surface area contributed by atoms with Crippen LogP contribution in [0.15, 0.2) is 98.6 Å². The number of hydrogen-bond acceptors (Lipinski definition) is 5. The summed E-state index contributed by atoms with van der Waals surface area (Å²) < 4.78 is 25.7. The van der Waals surface area contributed by atoms with E-state index in [9.17, 15) is 4.79 Å². The van der Waals surface area contributed by atoms with E-state index in [0.717, 1.165) is 55.3 Å². The van der Waals surface area contributed by atoms with E-state index in [1.54, 1.807) is 0 Å². The molecule has 0 aliphatic carbocycles. The van der Waals surface area contributed by atoms with E-state index in [0.29, 0.717) is 6.61 Å². The third-order valence-corrected chi connectivity index (χ3v) is 10.4. The maximum Gasteiger partial charge on any atom is 0.314 e. The van der Waals surface area contributed by atoms with E-state index >= 15 is 0 Å². The Morgan fingerprint density at radius 3 is 2.16 bits per heavy atom. The highest BCUT2D eigenvalue weighted by Gasteiger charge is 2.42. The normalized spacial score (nSPS) is 19.3. The van der Waals surface area contributed by atoms with Crippen LogP contribution in [0.5, 0.6) is 0 Å². The summed E-state index contributed by atoms with van der Waals surface area (Å²) in [6, 6.07) is 21.8. The lowest BCUT2D eigenvalue weighted by molar-refractivity contribution is -0.175. The Balaban J connectivity index is 1.71. The van der Waals surface area contributed by atoms with E-state index < -0.39 is 14.5 Å². The van der Waals surface area contributed by atoms with Crippen molar-refractivity contribution in [1.29, 1.82) is 0 Å². The van der Waals surface area contributed by atoms with Crippen molar-refractivity contribution in [3.8, 4) is 0 Å². The standard InChI is InChI=1S/C37H51O5Si/c1-7-23-43(24-8-2)42-34(29(4)9-3)26-33(39-27-30-17-12-10-13-18-30)25-32-21-16-22-35(41-32)37(5,6)36(38)40-28-31-19-14-11-15-20-31/h7-15,17-20,29,32-35H,1-3,16,21-28H2,4-6H3/t29-,32-,33-,34+,35+/m0/s1. The Labute approximate surface area is 261 Å². The monoisotopic (exact) mass is 603 g/mol. The summed E-state index contributed by atoms with van der Waals surface area (Å²) in [7, 11) is -1.13. The van der Waals surface area contributed by atoms with Crippen molar-refractivity contribution in [3.05, 3.63) is 110 Å². The maximum atomic E-state index is 13.2. The molecule has 1 aliphatic rings. The molecule has 3 rings (SSSR count). The quantitative estimate of drug-likeness (QED) is 0.0914. The van der Waals surface area contributed by atoms with Crippen LogP contribution in [0.25, 0.3) is 0 Å². The number of rotatable bonds is 19. The van der Waals surface area contributed by atoms with Crippen LogP contribution in [0.2, 0.25) is 12.1 Å². The summed E-state index contributed by atoms with van der Waals surface area (Å²) in [4.78, 5) is 13.2. The Kier molecular flexibility index (Phi) is 14.6. The van der Waals surface area contributed by atoms with Gasteiger partial charge >= 0.3 is 5.97 Å². The van der Waals surface area contributed by atoms with Crippen molar-refractivity contribution < 1.29 is 23.4 Å². The molecule has 1 aliphatic heterocycles. The first-order valence-corrected chi connectivity index (χ1v) is 17.5. The van der Waals surface area contributed by atoms with Crippen LogP contribution in [-0.2, 0) is 36.6 Å². The Morgan fingerprint density at radius 1 is 0.977 bits per heavy atom. The molecule has 0 N–H and O–H groups in total. The third kappa shape index (κ3) is 11.3. The smallest absolute Gasteiger partial charge is 0.314 e. The number of ether oxygens (including phenoxy) is 3. The molecule has 2 aromatic carbocycles. The molecular weight excluding hydrogens is 552 g/mol. The molecule has 5 atom stereocenters. The van der Waals surface area contributed by atoms with Gasteiger partial charge in [0, 0.05) is 0 Å². The zero-order chi connectivity index (χ0) is 31.1. The molecule has 0 spiro atoms. The van der Waals surface area contributed by atoms with Gasteiger partial charge in [0.1, 0.15) is 6.61 Å². The minimum absolute atomic E-state index is 0.0217. The lowest BCUT2D eigenvalue weighted by atomic mass is 9.81. The van der Waals surface area contributed by atoms with E-state index in [4.69, 9.17) is 18.6 Å². The zero-order valence-electron chi connectivity index (χ0n) is 26.4. The van der Waals surface area contributed by atoms with Crippen molar-refractivity contribution in [1.82, 2.24) is 0 Å². The van der Waals surface area contributed by atoms with Crippen LogP contribution < -0.4 is 0 Å². The largest absolute Gasteiger partial charge is 0.460 e.